The Morgan fingerprint density at radius 2 is 0.951 bits per heavy atom. The maximum absolute atomic E-state index is 13.9. The normalized spacial score (nSPS) is 19.7. The van der Waals surface area contributed by atoms with Crippen molar-refractivity contribution in [3.63, 3.8) is 0 Å². The van der Waals surface area contributed by atoms with E-state index in [-0.39, 0.29) is 38.4 Å². The molecule has 4 fully saturated rings. The lowest BCUT2D eigenvalue weighted by atomic mass is 9.82. The summed E-state index contributed by atoms with van der Waals surface area (Å²) in [5, 5.41) is 18.4. The SMILES string of the molecule is Brc1ccsc1Br.O=C1N(c2ccc(Cl)cc2)C(=O)C2(COC2)N1c1ccc(Cl)cc1.O=C1N(c2ccc(Cl)cc2)C2(COC2)C(O)(c2sccc2Br)N1c1ccc(Cl)cc1. The zero-order chi connectivity index (χ0) is 43.3. The van der Waals surface area contributed by atoms with Gasteiger partial charge in [0, 0.05) is 46.1 Å². The maximum atomic E-state index is 13.9. The van der Waals surface area contributed by atoms with Gasteiger partial charge < -0.3 is 14.6 Å². The molecule has 4 aromatic carbocycles. The molecule has 1 N–H and O–H groups in total. The van der Waals surface area contributed by atoms with Crippen molar-refractivity contribution in [2.45, 2.75) is 16.8 Å². The lowest BCUT2D eigenvalue weighted by Gasteiger charge is -2.51. The van der Waals surface area contributed by atoms with Crippen LogP contribution in [0.3, 0.4) is 0 Å². The molecule has 5 amide bonds. The Bertz CT molecular complexity index is 2580. The van der Waals surface area contributed by atoms with Crippen molar-refractivity contribution in [3.8, 4) is 0 Å². The van der Waals surface area contributed by atoms with Crippen LogP contribution in [0.15, 0.2) is 133 Å². The first-order valence-corrected chi connectivity index (χ1v) is 23.7. The summed E-state index contributed by atoms with van der Waals surface area (Å²) in [6.45, 7) is 0.715. The van der Waals surface area contributed by atoms with Gasteiger partial charge in [-0.3, -0.25) is 19.5 Å². The first kappa shape index (κ1) is 44.6. The Kier molecular flexibility index (Phi) is 13.0. The number of amides is 5. The van der Waals surface area contributed by atoms with Crippen LogP contribution in [0.25, 0.3) is 0 Å². The topological polar surface area (TPSA) is 103 Å². The summed E-state index contributed by atoms with van der Waals surface area (Å²) in [7, 11) is 0. The fourth-order valence-electron chi connectivity index (χ4n) is 7.36. The third-order valence-corrected chi connectivity index (χ3v) is 16.5. The number of thiophene rings is 2. The second-order valence-electron chi connectivity index (χ2n) is 14.0. The zero-order valence-electron chi connectivity index (χ0n) is 31.1. The number of urea groups is 2. The summed E-state index contributed by atoms with van der Waals surface area (Å²) in [5.74, 6) is -0.295. The highest BCUT2D eigenvalue weighted by Gasteiger charge is 2.73. The number of rotatable bonds is 5. The Balaban J connectivity index is 0.000000148. The molecule has 0 aliphatic carbocycles. The fraction of sp³-hybridized carbons (Fsp3) is 0.167. The number of imide groups is 1. The van der Waals surface area contributed by atoms with Gasteiger partial charge in [-0.25, -0.2) is 14.5 Å². The van der Waals surface area contributed by atoms with Gasteiger partial charge in [0.15, 0.2) is 5.54 Å². The fourth-order valence-corrected chi connectivity index (χ4v) is 11.2. The molecule has 4 aliphatic rings. The number of hydrogen-bond acceptors (Lipinski definition) is 8. The second-order valence-corrected chi connectivity index (χ2v) is 20.6. The number of aliphatic hydroxyl groups is 1. The Hall–Kier alpha value is -3.03. The van der Waals surface area contributed by atoms with E-state index in [1.54, 1.807) is 113 Å². The molecule has 10 nitrogen and oxygen atoms in total. The minimum absolute atomic E-state index is 0.171. The molecule has 6 aromatic rings. The van der Waals surface area contributed by atoms with Crippen LogP contribution in [-0.2, 0) is 20.0 Å². The van der Waals surface area contributed by atoms with Crippen LogP contribution < -0.4 is 19.6 Å². The molecule has 4 saturated heterocycles. The standard InChI is InChI=1S/C21H15BrCl2N2O3S.C17H12Cl2N2O3.C4H2Br2S/c22-17-9-10-30-18(17)21(28)20(11-29-12-20)25(15-5-1-13(23)2-6-15)19(27)26(21)16-7-3-14(24)4-8-16;18-11-1-5-13(6-2-11)20-15(22)17(9-24-10-17)21(16(20)23)14-7-3-12(19)4-8-14;5-3-1-2-7-4(3)6/h1-10,28H,11-12H2;1-8H,9-10H2;1-2H. The van der Waals surface area contributed by atoms with E-state index in [4.69, 9.17) is 55.9 Å². The average molecular weight is 1130 g/mol. The molecule has 6 heterocycles. The molecule has 4 aliphatic heterocycles. The zero-order valence-corrected chi connectivity index (χ0v) is 40.5. The number of halogens is 7. The first-order chi connectivity index (χ1) is 29.2. The van der Waals surface area contributed by atoms with Crippen molar-refractivity contribution in [1.82, 2.24) is 0 Å². The highest BCUT2D eigenvalue weighted by molar-refractivity contribution is 9.13. The van der Waals surface area contributed by atoms with Crippen LogP contribution in [0.4, 0.5) is 32.3 Å². The van der Waals surface area contributed by atoms with Crippen LogP contribution in [0, 0.1) is 0 Å². The number of carbonyl (C=O) groups excluding carboxylic acids is 3. The number of hydrogen-bond donors (Lipinski definition) is 1. The van der Waals surface area contributed by atoms with Crippen molar-refractivity contribution in [1.29, 1.82) is 0 Å². The van der Waals surface area contributed by atoms with E-state index in [1.165, 1.54) is 26.0 Å². The van der Waals surface area contributed by atoms with Crippen LogP contribution >= 0.6 is 117 Å². The van der Waals surface area contributed by atoms with Crippen LogP contribution in [0.1, 0.15) is 4.88 Å². The number of carbonyl (C=O) groups is 3. The summed E-state index contributed by atoms with van der Waals surface area (Å²) >= 11 is 37.2. The predicted octanol–water partition coefficient (Wildman–Crippen LogP) is 12.9. The van der Waals surface area contributed by atoms with E-state index in [9.17, 15) is 19.5 Å². The van der Waals surface area contributed by atoms with Crippen molar-refractivity contribution in [3.05, 3.63) is 158 Å². The molecule has 1 unspecified atom stereocenters. The minimum atomic E-state index is -1.66. The smallest absolute Gasteiger partial charge is 0.337 e. The third-order valence-electron chi connectivity index (χ3n) is 10.4. The Labute approximate surface area is 403 Å². The van der Waals surface area contributed by atoms with Gasteiger partial charge in [-0.1, -0.05) is 46.4 Å². The average Bonchev–Trinajstić information content (AvgIpc) is 3.93. The molecule has 0 radical (unpaired) electrons. The van der Waals surface area contributed by atoms with Crippen LogP contribution in [-0.4, -0.2) is 60.6 Å². The molecule has 61 heavy (non-hydrogen) atoms. The van der Waals surface area contributed by atoms with Gasteiger partial charge in [-0.15, -0.1) is 22.7 Å². The highest BCUT2D eigenvalue weighted by Crippen LogP contribution is 2.56. The van der Waals surface area contributed by atoms with E-state index in [0.717, 1.165) is 12.7 Å². The van der Waals surface area contributed by atoms with E-state index in [1.807, 2.05) is 22.9 Å². The molecule has 10 rings (SSSR count). The van der Waals surface area contributed by atoms with Gasteiger partial charge in [0.05, 0.1) is 40.8 Å². The van der Waals surface area contributed by atoms with E-state index in [2.05, 4.69) is 47.8 Å². The molecule has 19 heteroatoms. The van der Waals surface area contributed by atoms with Gasteiger partial charge in [-0.2, -0.15) is 0 Å². The van der Waals surface area contributed by atoms with E-state index in [0.29, 0.717) is 47.7 Å². The molecule has 0 saturated carbocycles. The minimum Gasteiger partial charge on any atom is -0.376 e. The number of anilines is 4. The Morgan fingerprint density at radius 1 is 0.525 bits per heavy atom. The van der Waals surface area contributed by atoms with Gasteiger partial charge in [0.25, 0.3) is 5.91 Å². The molecule has 314 valence electrons. The largest absolute Gasteiger partial charge is 0.376 e. The van der Waals surface area contributed by atoms with E-state index >= 15 is 0 Å². The summed E-state index contributed by atoms with van der Waals surface area (Å²) < 4.78 is 13.9. The monoisotopic (exact) mass is 1130 g/mol. The first-order valence-electron chi connectivity index (χ1n) is 18.1. The second kappa shape index (κ2) is 17.9. The number of nitrogens with zero attached hydrogens (tertiary/aromatic N) is 4. The van der Waals surface area contributed by atoms with Gasteiger partial charge in [-0.05, 0) is 168 Å². The molecule has 0 bridgehead atoms. The van der Waals surface area contributed by atoms with Gasteiger partial charge in [0.2, 0.25) is 5.72 Å². The summed E-state index contributed by atoms with van der Waals surface area (Å²) in [6.07, 6.45) is 0. The predicted molar refractivity (Wildman–Crippen MR) is 254 cm³/mol. The van der Waals surface area contributed by atoms with E-state index < -0.39 is 22.8 Å². The lowest BCUT2D eigenvalue weighted by molar-refractivity contribution is -0.152. The van der Waals surface area contributed by atoms with Crippen molar-refractivity contribution < 1.29 is 29.0 Å². The van der Waals surface area contributed by atoms with Gasteiger partial charge >= 0.3 is 12.1 Å². The van der Waals surface area contributed by atoms with Crippen molar-refractivity contribution in [2.24, 2.45) is 0 Å². The third kappa shape index (κ3) is 7.86. The molecule has 1 atom stereocenters. The molecule has 2 aromatic heterocycles. The number of ether oxygens (including phenoxy) is 2. The maximum Gasteiger partial charge on any atom is 0.337 e. The molecular formula is C42H29Br3Cl4N4O6S2. The highest BCUT2D eigenvalue weighted by atomic mass is 79.9. The summed E-state index contributed by atoms with van der Waals surface area (Å²) in [5.41, 5.74) is -1.40. The molecule has 2 spiro atoms. The lowest BCUT2D eigenvalue weighted by Crippen LogP contribution is -2.70. The quantitative estimate of drug-likeness (QED) is 0.173. The van der Waals surface area contributed by atoms with Crippen LogP contribution in [0.5, 0.6) is 0 Å². The van der Waals surface area contributed by atoms with Crippen LogP contribution in [0.2, 0.25) is 20.1 Å². The summed E-state index contributed by atoms with van der Waals surface area (Å²) in [6, 6.07) is 30.4. The van der Waals surface area contributed by atoms with Crippen molar-refractivity contribution >= 4 is 158 Å². The molecular weight excluding hydrogens is 1100 g/mol. The Morgan fingerprint density at radius 3 is 1.31 bits per heavy atom. The van der Waals surface area contributed by atoms with Gasteiger partial charge in [0.1, 0.15) is 5.54 Å². The number of benzene rings is 4. The van der Waals surface area contributed by atoms with Crippen molar-refractivity contribution in [2.75, 3.05) is 46.0 Å². The summed E-state index contributed by atoms with van der Waals surface area (Å²) in [4.78, 5) is 46.2.